The lowest BCUT2D eigenvalue weighted by atomic mass is 10.1. The van der Waals surface area contributed by atoms with E-state index < -0.39 is 20.6 Å². The van der Waals surface area contributed by atoms with Crippen molar-refractivity contribution in [2.75, 3.05) is 0 Å². The molecule has 0 spiro atoms. The topological polar surface area (TPSA) is 12.4 Å². The number of hydrogen-bond donors (Lipinski definition) is 0. The predicted octanol–water partition coefficient (Wildman–Crippen LogP) is 6.90. The molecular formula is C18H31Cl2NSi2. The fraction of sp³-hybridized carbons (Fsp3) is 0.611. The van der Waals surface area contributed by atoms with Crippen LogP contribution >= 0.6 is 23.2 Å². The third-order valence-electron chi connectivity index (χ3n) is 4.78. The molecule has 0 aliphatic carbocycles. The van der Waals surface area contributed by atoms with Crippen molar-refractivity contribution in [3.63, 3.8) is 0 Å². The summed E-state index contributed by atoms with van der Waals surface area (Å²) in [5.74, 6) is 0. The van der Waals surface area contributed by atoms with Crippen molar-refractivity contribution >= 4 is 45.7 Å². The molecule has 0 heterocycles. The van der Waals surface area contributed by atoms with Gasteiger partial charge in [0.1, 0.15) is 0 Å². The van der Waals surface area contributed by atoms with Crippen LogP contribution in [0.5, 0.6) is 0 Å². The molecule has 130 valence electrons. The smallest absolute Gasteiger partial charge is 0.180 e. The summed E-state index contributed by atoms with van der Waals surface area (Å²) in [6.45, 7) is 18.2. The fourth-order valence-corrected chi connectivity index (χ4v) is 8.27. The highest BCUT2D eigenvalue weighted by Crippen LogP contribution is 2.44. The van der Waals surface area contributed by atoms with Gasteiger partial charge in [0.2, 0.25) is 0 Å². The van der Waals surface area contributed by atoms with Crippen molar-refractivity contribution in [1.82, 2.24) is 0 Å². The Kier molecular flexibility index (Phi) is 6.40. The van der Waals surface area contributed by atoms with E-state index in [9.17, 15) is 0 Å². The predicted molar refractivity (Wildman–Crippen MR) is 113 cm³/mol. The molecule has 0 aliphatic heterocycles. The summed E-state index contributed by atoms with van der Waals surface area (Å²) >= 11 is 13.7. The maximum atomic E-state index is 6.85. The van der Waals surface area contributed by atoms with E-state index in [1.165, 1.54) is 5.56 Å². The van der Waals surface area contributed by atoms with Gasteiger partial charge in [-0.1, -0.05) is 93.9 Å². The Morgan fingerprint density at radius 1 is 0.957 bits per heavy atom. The van der Waals surface area contributed by atoms with Crippen LogP contribution in [0.2, 0.25) is 37.8 Å². The zero-order valence-corrected chi connectivity index (χ0v) is 19.3. The second-order valence-corrected chi connectivity index (χ2v) is 20.6. The van der Waals surface area contributed by atoms with Crippen LogP contribution < -0.4 is 0 Å². The first kappa shape index (κ1) is 20.9. The van der Waals surface area contributed by atoms with Crippen LogP contribution in [0.1, 0.15) is 31.9 Å². The van der Waals surface area contributed by atoms with Crippen LogP contribution in [-0.4, -0.2) is 26.9 Å². The molecule has 1 aromatic rings. The van der Waals surface area contributed by atoms with E-state index in [2.05, 4.69) is 77.8 Å². The van der Waals surface area contributed by atoms with E-state index >= 15 is 0 Å². The molecule has 1 unspecified atom stereocenters. The van der Waals surface area contributed by atoms with Gasteiger partial charge in [-0.2, -0.15) is 0 Å². The van der Waals surface area contributed by atoms with Gasteiger partial charge >= 0.3 is 0 Å². The van der Waals surface area contributed by atoms with Gasteiger partial charge in [0, 0.05) is 11.8 Å². The minimum Gasteiger partial charge on any atom is -0.330 e. The lowest BCUT2D eigenvalue weighted by molar-refractivity contribution is 0.718. The molecule has 0 aromatic heterocycles. The van der Waals surface area contributed by atoms with Crippen LogP contribution in [0.4, 0.5) is 0 Å². The SMILES string of the molecule is CC(C)(C)[Si](C)(C)/N=C/C(Cl)(Cl)C(c1ccccc1)[Si](C)(C)C. The molecule has 23 heavy (non-hydrogen) atoms. The van der Waals surface area contributed by atoms with Crippen LogP contribution in [0, 0.1) is 0 Å². The summed E-state index contributed by atoms with van der Waals surface area (Å²) < 4.78 is 3.96. The Hall–Kier alpha value is -0.0962. The summed E-state index contributed by atoms with van der Waals surface area (Å²) in [5.41, 5.74) is 1.31. The van der Waals surface area contributed by atoms with Crippen molar-refractivity contribution in [3.8, 4) is 0 Å². The molecule has 1 nitrogen and oxygen atoms in total. The Bertz CT molecular complexity index is 540. The van der Waals surface area contributed by atoms with Crippen LogP contribution in [0.15, 0.2) is 35.0 Å². The van der Waals surface area contributed by atoms with E-state index in [4.69, 9.17) is 27.9 Å². The highest BCUT2D eigenvalue weighted by atomic mass is 35.5. The van der Waals surface area contributed by atoms with Gasteiger partial charge in [-0.05, 0) is 23.7 Å². The number of rotatable bonds is 5. The highest BCUT2D eigenvalue weighted by molar-refractivity contribution is 6.82. The summed E-state index contributed by atoms with van der Waals surface area (Å²) in [5, 5.41) is 0.175. The lowest BCUT2D eigenvalue weighted by Gasteiger charge is -2.38. The molecule has 0 saturated heterocycles. The standard InChI is InChI=1S/C18H31Cl2NSi2/c1-17(2,3)23(7,8)21-14-18(19,20)16(22(4,5)6)15-12-10-9-11-13-15/h9-14,16H,1-8H3/b21-14+. The van der Waals surface area contributed by atoms with Gasteiger partial charge in [0.15, 0.2) is 12.6 Å². The lowest BCUT2D eigenvalue weighted by Crippen LogP contribution is -2.44. The first-order valence-electron chi connectivity index (χ1n) is 8.18. The van der Waals surface area contributed by atoms with E-state index in [1.807, 2.05) is 12.3 Å². The van der Waals surface area contributed by atoms with Gasteiger partial charge in [-0.25, -0.2) is 0 Å². The second kappa shape index (κ2) is 7.03. The third kappa shape index (κ3) is 5.45. The van der Waals surface area contributed by atoms with E-state index in [1.54, 1.807) is 0 Å². The van der Waals surface area contributed by atoms with Gasteiger partial charge in [-0.15, -0.1) is 0 Å². The van der Waals surface area contributed by atoms with Crippen LogP contribution in [-0.2, 0) is 0 Å². The Balaban J connectivity index is 3.26. The molecule has 0 radical (unpaired) electrons. The molecule has 1 rings (SSSR count). The normalized spacial score (nSPS) is 15.9. The Labute approximate surface area is 154 Å². The van der Waals surface area contributed by atoms with Gasteiger partial charge in [0.05, 0.1) is 8.07 Å². The fourth-order valence-electron chi connectivity index (χ4n) is 2.46. The van der Waals surface area contributed by atoms with Crippen molar-refractivity contribution in [2.24, 2.45) is 4.66 Å². The molecule has 0 N–H and O–H groups in total. The third-order valence-corrected chi connectivity index (χ3v) is 12.7. The quantitative estimate of drug-likeness (QED) is 0.296. The molecule has 0 aliphatic rings. The maximum Gasteiger partial charge on any atom is 0.180 e. The molecule has 1 atom stereocenters. The maximum absolute atomic E-state index is 6.85. The molecule has 0 saturated carbocycles. The number of hydrogen-bond acceptors (Lipinski definition) is 1. The molecular weight excluding hydrogens is 357 g/mol. The second-order valence-electron chi connectivity index (χ2n) is 8.95. The van der Waals surface area contributed by atoms with E-state index in [-0.39, 0.29) is 10.6 Å². The minimum absolute atomic E-state index is 0.105. The number of halogens is 2. The van der Waals surface area contributed by atoms with Crippen molar-refractivity contribution in [1.29, 1.82) is 0 Å². The van der Waals surface area contributed by atoms with Gasteiger partial charge in [0.25, 0.3) is 0 Å². The molecule has 0 bridgehead atoms. The molecule has 1 aromatic carbocycles. The summed E-state index contributed by atoms with van der Waals surface area (Å²) in [4.78, 5) is 0. The average molecular weight is 389 g/mol. The van der Waals surface area contributed by atoms with E-state index in [0.717, 1.165) is 0 Å². The number of alkyl halides is 2. The zero-order valence-electron chi connectivity index (χ0n) is 15.7. The first-order chi connectivity index (χ1) is 10.2. The highest BCUT2D eigenvalue weighted by Gasteiger charge is 2.44. The average Bonchev–Trinajstić information content (AvgIpc) is 2.34. The zero-order chi connectivity index (χ0) is 18.1. The summed E-state index contributed by atoms with van der Waals surface area (Å²) in [6.07, 6.45) is 1.84. The number of nitrogens with zero attached hydrogens (tertiary/aromatic N) is 1. The first-order valence-corrected chi connectivity index (χ1v) is 15.5. The van der Waals surface area contributed by atoms with Crippen LogP contribution in [0.3, 0.4) is 0 Å². The van der Waals surface area contributed by atoms with E-state index in [0.29, 0.717) is 0 Å². The van der Waals surface area contributed by atoms with Crippen molar-refractivity contribution in [3.05, 3.63) is 35.9 Å². The van der Waals surface area contributed by atoms with Crippen molar-refractivity contribution in [2.45, 2.75) is 68.4 Å². The Morgan fingerprint density at radius 2 is 1.43 bits per heavy atom. The van der Waals surface area contributed by atoms with Gasteiger partial charge < -0.3 is 4.66 Å². The molecule has 0 fully saturated rings. The monoisotopic (exact) mass is 387 g/mol. The minimum atomic E-state index is -1.80. The number of benzene rings is 1. The van der Waals surface area contributed by atoms with Gasteiger partial charge in [-0.3, -0.25) is 0 Å². The van der Waals surface area contributed by atoms with Crippen LogP contribution in [0.25, 0.3) is 0 Å². The summed E-state index contributed by atoms with van der Waals surface area (Å²) in [6, 6.07) is 10.4. The largest absolute Gasteiger partial charge is 0.330 e. The summed E-state index contributed by atoms with van der Waals surface area (Å²) in [7, 11) is -3.45. The van der Waals surface area contributed by atoms with Crippen molar-refractivity contribution < 1.29 is 0 Å². The molecule has 5 heteroatoms. The molecule has 0 amide bonds. The Morgan fingerprint density at radius 3 is 1.83 bits per heavy atom.